The Hall–Kier alpha value is -5.41. The van der Waals surface area contributed by atoms with Crippen molar-refractivity contribution in [3.63, 3.8) is 0 Å². The van der Waals surface area contributed by atoms with Gasteiger partial charge in [0.2, 0.25) is 17.7 Å². The van der Waals surface area contributed by atoms with Crippen LogP contribution in [0.1, 0.15) is 24.0 Å². The number of nitrogens with two attached hydrogens (primary N) is 3. The molecule has 244 valence electrons. The number of guanidine groups is 1. The highest BCUT2D eigenvalue weighted by Crippen LogP contribution is 2.21. The van der Waals surface area contributed by atoms with Crippen LogP contribution in [0.25, 0.3) is 21.8 Å². The number of benzene rings is 2. The molecule has 0 fully saturated rings. The Kier molecular flexibility index (Phi) is 11.3. The molecule has 0 radical (unpaired) electrons. The molecule has 15 nitrogen and oxygen atoms in total. The van der Waals surface area contributed by atoms with Crippen molar-refractivity contribution in [3.05, 3.63) is 72.1 Å². The van der Waals surface area contributed by atoms with E-state index in [1.807, 2.05) is 48.5 Å². The van der Waals surface area contributed by atoms with Crippen molar-refractivity contribution < 1.29 is 29.4 Å². The van der Waals surface area contributed by atoms with E-state index in [-0.39, 0.29) is 38.2 Å². The molecule has 13 N–H and O–H groups in total. The van der Waals surface area contributed by atoms with Gasteiger partial charge in [0, 0.05) is 53.6 Å². The Morgan fingerprint density at radius 1 is 0.761 bits per heavy atom. The number of amides is 3. The summed E-state index contributed by atoms with van der Waals surface area (Å²) in [6.07, 6.45) is 3.77. The number of fused-ring (bicyclic) bond motifs is 2. The van der Waals surface area contributed by atoms with Crippen molar-refractivity contribution in [2.45, 2.75) is 49.9 Å². The summed E-state index contributed by atoms with van der Waals surface area (Å²) in [4.78, 5) is 62.4. The molecule has 15 heteroatoms. The van der Waals surface area contributed by atoms with Gasteiger partial charge in [-0.15, -0.1) is 0 Å². The Labute approximate surface area is 264 Å². The van der Waals surface area contributed by atoms with Gasteiger partial charge in [0.05, 0.1) is 6.61 Å². The van der Waals surface area contributed by atoms with Crippen LogP contribution in [0.15, 0.2) is 65.9 Å². The standard InChI is InChI=1S/C31H39N9O6/c32-21(16-41)27(42)38-24(10-5-11-35-31(33)34)28(43)39-25(12-17-14-36-22-8-3-1-6-19(17)22)29(44)40-26(30(45)46)13-18-15-37-23-9-4-2-7-20(18)23/h1-4,6-9,14-15,21,24-26,36-37,41H,5,10-13,16,32H2,(H,38,42)(H,39,43)(H,40,44)(H,45,46)(H4,33,34,35). The average Bonchev–Trinajstić information content (AvgIpc) is 3.65. The lowest BCUT2D eigenvalue weighted by molar-refractivity contribution is -0.142. The van der Waals surface area contributed by atoms with Gasteiger partial charge in [-0.1, -0.05) is 36.4 Å². The smallest absolute Gasteiger partial charge is 0.326 e. The molecular weight excluding hydrogens is 594 g/mol. The van der Waals surface area contributed by atoms with E-state index in [1.165, 1.54) is 0 Å². The van der Waals surface area contributed by atoms with Gasteiger partial charge in [-0.05, 0) is 36.1 Å². The molecule has 0 bridgehead atoms. The molecule has 2 heterocycles. The monoisotopic (exact) mass is 633 g/mol. The van der Waals surface area contributed by atoms with Crippen LogP contribution in [0.5, 0.6) is 0 Å². The number of hydrogen-bond donors (Lipinski definition) is 10. The fraction of sp³-hybridized carbons (Fsp3) is 0.323. The first-order chi connectivity index (χ1) is 22.1. The SMILES string of the molecule is NC(N)=NCCCC(NC(=O)C(N)CO)C(=O)NC(Cc1c[nH]c2ccccc12)C(=O)NC(Cc1c[nH]c2ccccc12)C(=O)O. The number of aromatic nitrogens is 2. The molecular formula is C31H39N9O6. The van der Waals surface area contributed by atoms with E-state index in [9.17, 15) is 29.4 Å². The maximum Gasteiger partial charge on any atom is 0.326 e. The minimum absolute atomic E-state index is 0.00579. The summed E-state index contributed by atoms with van der Waals surface area (Å²) in [6, 6.07) is 9.81. The molecule has 3 amide bonds. The van der Waals surface area contributed by atoms with Crippen LogP contribution in [-0.4, -0.2) is 87.2 Å². The minimum Gasteiger partial charge on any atom is -0.480 e. The number of aliphatic imine (C=N–C) groups is 1. The van der Waals surface area contributed by atoms with Crippen LogP contribution in [-0.2, 0) is 32.0 Å². The quantitative estimate of drug-likeness (QED) is 0.0426. The minimum atomic E-state index is -1.31. The molecule has 4 rings (SSSR count). The van der Waals surface area contributed by atoms with Crippen molar-refractivity contribution >= 4 is 51.5 Å². The second-order valence-corrected chi connectivity index (χ2v) is 10.9. The number of carbonyl (C=O) groups excluding carboxylic acids is 3. The number of carboxylic acid groups (broad SMARTS) is 1. The summed E-state index contributed by atoms with van der Waals surface area (Å²) in [5, 5.41) is 28.8. The normalized spacial score (nSPS) is 13.8. The number of nitrogens with one attached hydrogen (secondary N) is 5. The van der Waals surface area contributed by atoms with E-state index in [0.29, 0.717) is 11.1 Å². The van der Waals surface area contributed by atoms with Gasteiger partial charge in [0.15, 0.2) is 5.96 Å². The molecule has 4 aromatic rings. The lowest BCUT2D eigenvalue weighted by Crippen LogP contribution is -2.58. The predicted molar refractivity (Wildman–Crippen MR) is 172 cm³/mol. The number of carboxylic acids is 1. The number of para-hydroxylation sites is 2. The first kappa shape index (κ1) is 33.5. The second-order valence-electron chi connectivity index (χ2n) is 10.9. The zero-order valence-corrected chi connectivity index (χ0v) is 25.0. The lowest BCUT2D eigenvalue weighted by atomic mass is 10.0. The number of aromatic amines is 2. The number of hydrogen-bond acceptors (Lipinski definition) is 7. The third-order valence-corrected chi connectivity index (χ3v) is 7.56. The fourth-order valence-corrected chi connectivity index (χ4v) is 5.13. The third-order valence-electron chi connectivity index (χ3n) is 7.56. The highest BCUT2D eigenvalue weighted by atomic mass is 16.4. The summed E-state index contributed by atoms with van der Waals surface area (Å²) in [7, 11) is 0. The van der Waals surface area contributed by atoms with Crippen LogP contribution in [0.2, 0.25) is 0 Å². The number of aliphatic hydroxyl groups is 1. The van der Waals surface area contributed by atoms with Crippen molar-refractivity contribution in [1.82, 2.24) is 25.9 Å². The van der Waals surface area contributed by atoms with E-state index in [1.54, 1.807) is 12.4 Å². The van der Waals surface area contributed by atoms with Gasteiger partial charge >= 0.3 is 5.97 Å². The predicted octanol–water partition coefficient (Wildman–Crippen LogP) is -0.653. The molecule has 0 aliphatic carbocycles. The summed E-state index contributed by atoms with van der Waals surface area (Å²) in [6.45, 7) is -0.478. The summed E-state index contributed by atoms with van der Waals surface area (Å²) in [5.74, 6) is -3.61. The van der Waals surface area contributed by atoms with Gasteiger partial charge in [-0.25, -0.2) is 4.79 Å². The first-order valence-corrected chi connectivity index (χ1v) is 14.7. The van der Waals surface area contributed by atoms with Crippen LogP contribution in [0, 0.1) is 0 Å². The largest absolute Gasteiger partial charge is 0.480 e. The van der Waals surface area contributed by atoms with Crippen molar-refractivity contribution in [2.24, 2.45) is 22.2 Å². The molecule has 2 aromatic carbocycles. The summed E-state index contributed by atoms with van der Waals surface area (Å²) < 4.78 is 0. The summed E-state index contributed by atoms with van der Waals surface area (Å²) in [5.41, 5.74) is 19.5. The van der Waals surface area contributed by atoms with Gasteiger partial charge in [0.25, 0.3) is 0 Å². The Morgan fingerprint density at radius 2 is 1.26 bits per heavy atom. The van der Waals surface area contributed by atoms with Gasteiger partial charge in [-0.3, -0.25) is 19.4 Å². The molecule has 0 saturated heterocycles. The number of aliphatic hydroxyl groups excluding tert-OH is 1. The maximum absolute atomic E-state index is 13.8. The highest BCUT2D eigenvalue weighted by Gasteiger charge is 2.31. The second kappa shape index (κ2) is 15.5. The van der Waals surface area contributed by atoms with Crippen LogP contribution < -0.4 is 33.2 Å². The van der Waals surface area contributed by atoms with Gasteiger partial charge in [0.1, 0.15) is 24.2 Å². The third kappa shape index (κ3) is 8.61. The molecule has 0 spiro atoms. The molecule has 0 aliphatic heterocycles. The van der Waals surface area contributed by atoms with Crippen molar-refractivity contribution in [1.29, 1.82) is 0 Å². The molecule has 4 unspecified atom stereocenters. The number of aliphatic carboxylic acids is 1. The number of rotatable bonds is 16. The zero-order chi connectivity index (χ0) is 33.2. The Morgan fingerprint density at radius 3 is 1.80 bits per heavy atom. The van der Waals surface area contributed by atoms with E-state index in [0.717, 1.165) is 21.8 Å². The van der Waals surface area contributed by atoms with E-state index < -0.39 is 54.5 Å². The molecule has 0 saturated carbocycles. The number of nitrogens with zero attached hydrogens (tertiary/aromatic N) is 1. The maximum atomic E-state index is 13.8. The molecule has 4 atom stereocenters. The lowest BCUT2D eigenvalue weighted by Gasteiger charge is -2.25. The van der Waals surface area contributed by atoms with Gasteiger partial charge < -0.3 is 53.3 Å². The zero-order valence-electron chi connectivity index (χ0n) is 25.0. The fourth-order valence-electron chi connectivity index (χ4n) is 5.13. The van der Waals surface area contributed by atoms with Crippen LogP contribution in [0.3, 0.4) is 0 Å². The van der Waals surface area contributed by atoms with E-state index >= 15 is 0 Å². The van der Waals surface area contributed by atoms with Crippen molar-refractivity contribution in [2.75, 3.05) is 13.2 Å². The summed E-state index contributed by atoms with van der Waals surface area (Å²) >= 11 is 0. The number of carbonyl (C=O) groups is 4. The topological polar surface area (TPSA) is 267 Å². The average molecular weight is 634 g/mol. The Bertz CT molecular complexity index is 1710. The van der Waals surface area contributed by atoms with Crippen LogP contribution in [0.4, 0.5) is 0 Å². The van der Waals surface area contributed by atoms with Crippen LogP contribution >= 0.6 is 0 Å². The van der Waals surface area contributed by atoms with E-state index in [4.69, 9.17) is 17.2 Å². The molecule has 0 aliphatic rings. The Balaban J connectivity index is 1.58. The molecule has 46 heavy (non-hydrogen) atoms. The van der Waals surface area contributed by atoms with Gasteiger partial charge in [-0.2, -0.15) is 0 Å². The van der Waals surface area contributed by atoms with Crippen molar-refractivity contribution in [3.8, 4) is 0 Å². The number of H-pyrrole nitrogens is 2. The molecule has 2 aromatic heterocycles. The highest BCUT2D eigenvalue weighted by molar-refractivity contribution is 5.95. The first-order valence-electron chi connectivity index (χ1n) is 14.7. The van der Waals surface area contributed by atoms with E-state index in [2.05, 4.69) is 30.9 Å².